The molecule has 0 aliphatic heterocycles. The van der Waals surface area contributed by atoms with E-state index in [1.807, 2.05) is 0 Å². The lowest BCUT2D eigenvalue weighted by atomic mass is 10.1. The second kappa shape index (κ2) is 9.47. The number of benzene rings is 2. The number of hydrogen-bond donors (Lipinski definition) is 1. The summed E-state index contributed by atoms with van der Waals surface area (Å²) in [6.45, 7) is 0.115. The SMILES string of the molecule is CNCc1cn(S(=O)(=O)c2cccc(C(F)(F)F)c2)c(-c2ccc(F)cc2F)c1OC.Cl. The number of halogens is 6. The number of methoxy groups -OCH3 is 1. The van der Waals surface area contributed by atoms with E-state index in [0.29, 0.717) is 21.7 Å². The second-order valence-corrected chi connectivity index (χ2v) is 8.33. The Labute approximate surface area is 187 Å². The van der Waals surface area contributed by atoms with Crippen molar-refractivity contribution in [3.63, 3.8) is 0 Å². The van der Waals surface area contributed by atoms with E-state index in [-0.39, 0.29) is 36.0 Å². The zero-order valence-corrected chi connectivity index (χ0v) is 18.3. The zero-order chi connectivity index (χ0) is 23.0. The predicted octanol–water partition coefficient (Wildman–Crippen LogP) is 4.84. The minimum atomic E-state index is -4.76. The normalized spacial score (nSPS) is 11.8. The molecule has 0 unspecified atom stereocenters. The van der Waals surface area contributed by atoms with E-state index in [0.717, 1.165) is 36.5 Å². The Morgan fingerprint density at radius 1 is 1.09 bits per heavy atom. The van der Waals surface area contributed by atoms with Crippen LogP contribution in [0.3, 0.4) is 0 Å². The van der Waals surface area contributed by atoms with Gasteiger partial charge < -0.3 is 10.1 Å². The fourth-order valence-corrected chi connectivity index (χ4v) is 4.56. The van der Waals surface area contributed by atoms with Crippen molar-refractivity contribution in [2.24, 2.45) is 0 Å². The summed E-state index contributed by atoms with van der Waals surface area (Å²) in [6.07, 6.45) is -3.63. The Bertz CT molecular complexity index is 1230. The van der Waals surface area contributed by atoms with Crippen molar-refractivity contribution in [3.8, 4) is 17.0 Å². The molecule has 174 valence electrons. The largest absolute Gasteiger partial charge is 0.494 e. The number of rotatable bonds is 6. The predicted molar refractivity (Wildman–Crippen MR) is 110 cm³/mol. The van der Waals surface area contributed by atoms with Gasteiger partial charge in [-0.05, 0) is 37.4 Å². The van der Waals surface area contributed by atoms with Crippen LogP contribution in [-0.4, -0.2) is 26.5 Å². The summed E-state index contributed by atoms with van der Waals surface area (Å²) in [5.74, 6) is -1.96. The van der Waals surface area contributed by atoms with Crippen molar-refractivity contribution in [2.45, 2.75) is 17.6 Å². The molecule has 0 atom stereocenters. The van der Waals surface area contributed by atoms with Crippen LogP contribution in [-0.2, 0) is 22.7 Å². The van der Waals surface area contributed by atoms with Gasteiger partial charge in [-0.2, -0.15) is 13.2 Å². The minimum absolute atomic E-state index is 0. The maximum absolute atomic E-state index is 14.6. The number of hydrogen-bond acceptors (Lipinski definition) is 4. The summed E-state index contributed by atoms with van der Waals surface area (Å²) >= 11 is 0. The van der Waals surface area contributed by atoms with Crippen molar-refractivity contribution in [1.82, 2.24) is 9.29 Å². The van der Waals surface area contributed by atoms with Crippen LogP contribution >= 0.6 is 12.4 Å². The summed E-state index contributed by atoms with van der Waals surface area (Å²) in [6, 6.07) is 5.73. The van der Waals surface area contributed by atoms with E-state index >= 15 is 0 Å². The first-order valence-electron chi connectivity index (χ1n) is 8.81. The Kier molecular flexibility index (Phi) is 7.59. The van der Waals surface area contributed by atoms with Gasteiger partial charge in [0.1, 0.15) is 23.1 Å². The number of alkyl halides is 3. The smallest absolute Gasteiger partial charge is 0.416 e. The molecule has 0 fully saturated rings. The number of nitrogens with one attached hydrogen (secondary N) is 1. The van der Waals surface area contributed by atoms with Gasteiger partial charge in [0.05, 0.1) is 17.6 Å². The fourth-order valence-electron chi connectivity index (χ4n) is 3.12. The molecule has 0 saturated carbocycles. The first kappa shape index (κ1) is 25.6. The van der Waals surface area contributed by atoms with Gasteiger partial charge in [-0.1, -0.05) is 6.07 Å². The Hall–Kier alpha value is -2.63. The van der Waals surface area contributed by atoms with Gasteiger partial charge in [0.15, 0.2) is 0 Å². The van der Waals surface area contributed by atoms with Crippen LogP contribution < -0.4 is 10.1 Å². The molecule has 0 bridgehead atoms. The average Bonchev–Trinajstić information content (AvgIpc) is 3.06. The van der Waals surface area contributed by atoms with E-state index in [4.69, 9.17) is 4.74 Å². The first-order chi connectivity index (χ1) is 14.5. The average molecular weight is 497 g/mol. The number of nitrogens with zero attached hydrogens (tertiary/aromatic N) is 1. The lowest BCUT2D eigenvalue weighted by molar-refractivity contribution is -0.137. The highest BCUT2D eigenvalue weighted by molar-refractivity contribution is 7.90. The molecular formula is C20H18ClF5N2O3S. The molecule has 5 nitrogen and oxygen atoms in total. The molecule has 0 aliphatic rings. The van der Waals surface area contributed by atoms with Crippen molar-refractivity contribution in [2.75, 3.05) is 14.2 Å². The minimum Gasteiger partial charge on any atom is -0.494 e. The van der Waals surface area contributed by atoms with Crippen LogP contribution in [0.5, 0.6) is 5.75 Å². The van der Waals surface area contributed by atoms with Crippen molar-refractivity contribution in [3.05, 3.63) is 71.4 Å². The van der Waals surface area contributed by atoms with Gasteiger partial charge in [-0.15, -0.1) is 12.4 Å². The number of aromatic nitrogens is 1. The molecule has 3 aromatic rings. The van der Waals surface area contributed by atoms with E-state index < -0.39 is 38.3 Å². The zero-order valence-electron chi connectivity index (χ0n) is 16.7. The summed E-state index contributed by atoms with van der Waals surface area (Å²) in [7, 11) is -1.79. The maximum atomic E-state index is 14.6. The lowest BCUT2D eigenvalue weighted by Gasteiger charge is -2.14. The summed E-state index contributed by atoms with van der Waals surface area (Å²) < 4.78 is 99.8. The molecule has 1 heterocycles. The fraction of sp³-hybridized carbons (Fsp3) is 0.200. The maximum Gasteiger partial charge on any atom is 0.416 e. The van der Waals surface area contributed by atoms with Gasteiger partial charge in [-0.3, -0.25) is 0 Å². The van der Waals surface area contributed by atoms with E-state index in [9.17, 15) is 30.4 Å². The second-order valence-electron chi connectivity index (χ2n) is 6.52. The van der Waals surface area contributed by atoms with Gasteiger partial charge in [-0.25, -0.2) is 21.2 Å². The highest BCUT2D eigenvalue weighted by atomic mass is 35.5. The van der Waals surface area contributed by atoms with Crippen molar-refractivity contribution >= 4 is 22.4 Å². The number of ether oxygens (including phenoxy) is 1. The standard InChI is InChI=1S/C20H17F5N2O3S.ClH/c1-26-10-12-11-27(18(19(12)30-2)16-7-6-14(21)9-17(16)22)31(28,29)15-5-3-4-13(8-15)20(23,24)25;/h3-9,11,26H,10H2,1-2H3;1H. The van der Waals surface area contributed by atoms with Gasteiger partial charge >= 0.3 is 6.18 Å². The van der Waals surface area contributed by atoms with E-state index in [2.05, 4.69) is 5.32 Å². The highest BCUT2D eigenvalue weighted by Gasteiger charge is 2.33. The molecule has 3 rings (SSSR count). The van der Waals surface area contributed by atoms with Crippen LogP contribution in [0.25, 0.3) is 11.3 Å². The van der Waals surface area contributed by atoms with Crippen LogP contribution in [0.4, 0.5) is 22.0 Å². The van der Waals surface area contributed by atoms with E-state index in [1.165, 1.54) is 7.11 Å². The Balaban J connectivity index is 0.00000363. The molecule has 1 aromatic heterocycles. The first-order valence-corrected chi connectivity index (χ1v) is 10.3. The van der Waals surface area contributed by atoms with Crippen LogP contribution in [0, 0.1) is 11.6 Å². The highest BCUT2D eigenvalue weighted by Crippen LogP contribution is 2.39. The van der Waals surface area contributed by atoms with Crippen molar-refractivity contribution < 1.29 is 35.1 Å². The third-order valence-corrected chi connectivity index (χ3v) is 6.13. The molecule has 0 spiro atoms. The molecule has 1 N–H and O–H groups in total. The molecule has 12 heteroatoms. The van der Waals surface area contributed by atoms with Gasteiger partial charge in [0.2, 0.25) is 0 Å². The monoisotopic (exact) mass is 496 g/mol. The van der Waals surface area contributed by atoms with Crippen LogP contribution in [0.1, 0.15) is 11.1 Å². The molecule has 0 saturated heterocycles. The third-order valence-electron chi connectivity index (χ3n) is 4.48. The van der Waals surface area contributed by atoms with Gasteiger partial charge in [0.25, 0.3) is 10.0 Å². The Morgan fingerprint density at radius 2 is 1.78 bits per heavy atom. The quantitative estimate of drug-likeness (QED) is 0.496. The van der Waals surface area contributed by atoms with Crippen LogP contribution in [0.15, 0.2) is 53.6 Å². The molecule has 2 aromatic carbocycles. The molecular weight excluding hydrogens is 479 g/mol. The molecule has 0 radical (unpaired) electrons. The molecule has 32 heavy (non-hydrogen) atoms. The summed E-state index contributed by atoms with van der Waals surface area (Å²) in [5.41, 5.74) is -1.42. The third kappa shape index (κ3) is 4.74. The lowest BCUT2D eigenvalue weighted by Crippen LogP contribution is -2.15. The summed E-state index contributed by atoms with van der Waals surface area (Å²) in [4.78, 5) is -0.653. The topological polar surface area (TPSA) is 60.3 Å². The van der Waals surface area contributed by atoms with Gasteiger partial charge in [0, 0.05) is 29.9 Å². The molecule has 0 amide bonds. The summed E-state index contributed by atoms with van der Waals surface area (Å²) in [5, 5.41) is 2.80. The Morgan fingerprint density at radius 3 is 2.34 bits per heavy atom. The van der Waals surface area contributed by atoms with Crippen LogP contribution in [0.2, 0.25) is 0 Å². The molecule has 0 aliphatic carbocycles. The van der Waals surface area contributed by atoms with Crippen molar-refractivity contribution in [1.29, 1.82) is 0 Å². The van der Waals surface area contributed by atoms with E-state index in [1.54, 1.807) is 7.05 Å².